The summed E-state index contributed by atoms with van der Waals surface area (Å²) in [7, 11) is 3.61. The van der Waals surface area contributed by atoms with Crippen molar-refractivity contribution in [3.8, 4) is 5.75 Å². The standard InChI is InChI=1S/C29H41F3N4O2/c1-27(2,3)23-15-21(26(38)24(16-23)28(4,5)6)17-33-34-25(37)19-36(8)13-12-35(7)18-20-10-9-11-22(14-20)29(30,31)32/h9-11,14-17,38H,12-13,18-19H2,1-8H3,(H,34,37). The van der Waals surface area contributed by atoms with Crippen molar-refractivity contribution in [3.05, 3.63) is 64.2 Å². The van der Waals surface area contributed by atoms with Gasteiger partial charge in [0, 0.05) is 30.8 Å². The summed E-state index contributed by atoms with van der Waals surface area (Å²) in [5.41, 5.74) is 4.43. The molecule has 0 aliphatic heterocycles. The smallest absolute Gasteiger partial charge is 0.416 e. The number of hydrazone groups is 1. The number of likely N-dealkylation sites (N-methyl/N-ethyl adjacent to an activating group) is 2. The number of rotatable bonds is 9. The van der Waals surface area contributed by atoms with Crippen LogP contribution < -0.4 is 5.43 Å². The molecule has 9 heteroatoms. The number of carbonyl (C=O) groups is 1. The molecule has 0 aromatic heterocycles. The molecule has 0 fully saturated rings. The Morgan fingerprint density at radius 1 is 0.947 bits per heavy atom. The normalized spacial score (nSPS) is 13.1. The lowest BCUT2D eigenvalue weighted by molar-refractivity contribution is -0.137. The SMILES string of the molecule is CN(CCN(C)Cc1cccc(C(F)(F)F)c1)CC(=O)NN=Cc1cc(C(C)(C)C)cc(C(C)(C)C)c1O. The number of halogens is 3. The van der Waals surface area contributed by atoms with Crippen molar-refractivity contribution in [1.82, 2.24) is 15.2 Å². The Labute approximate surface area is 224 Å². The first kappa shape index (κ1) is 31.3. The van der Waals surface area contributed by atoms with Gasteiger partial charge in [-0.25, -0.2) is 5.43 Å². The van der Waals surface area contributed by atoms with E-state index in [4.69, 9.17) is 0 Å². The lowest BCUT2D eigenvalue weighted by atomic mass is 9.79. The number of alkyl halides is 3. The predicted octanol–water partition coefficient (Wildman–Crippen LogP) is 5.52. The topological polar surface area (TPSA) is 68.2 Å². The zero-order valence-electron chi connectivity index (χ0n) is 23.7. The number of aromatic hydroxyl groups is 1. The van der Waals surface area contributed by atoms with Crippen LogP contribution in [-0.2, 0) is 28.3 Å². The fourth-order valence-corrected chi connectivity index (χ4v) is 3.87. The Hall–Kier alpha value is -2.91. The minimum atomic E-state index is -4.37. The number of carbonyl (C=O) groups excluding carboxylic acids is 1. The molecule has 1 amide bonds. The average Bonchev–Trinajstić information content (AvgIpc) is 2.77. The van der Waals surface area contributed by atoms with Crippen LogP contribution in [0.1, 0.15) is 69.4 Å². The third-order valence-corrected chi connectivity index (χ3v) is 6.19. The molecular weight excluding hydrogens is 493 g/mol. The second kappa shape index (κ2) is 12.3. The van der Waals surface area contributed by atoms with Gasteiger partial charge >= 0.3 is 6.18 Å². The Balaban J connectivity index is 1.93. The molecule has 0 radical (unpaired) electrons. The molecule has 0 bridgehead atoms. The van der Waals surface area contributed by atoms with Gasteiger partial charge in [-0.3, -0.25) is 9.69 Å². The quantitative estimate of drug-likeness (QED) is 0.328. The molecule has 2 rings (SSSR count). The zero-order chi connectivity index (χ0) is 28.9. The van der Waals surface area contributed by atoms with E-state index >= 15 is 0 Å². The second-order valence-electron chi connectivity index (χ2n) is 11.9. The van der Waals surface area contributed by atoms with Crippen molar-refractivity contribution in [2.45, 2.75) is 65.1 Å². The number of benzene rings is 2. The van der Waals surface area contributed by atoms with Crippen LogP contribution in [0.5, 0.6) is 5.75 Å². The highest BCUT2D eigenvalue weighted by Gasteiger charge is 2.30. The van der Waals surface area contributed by atoms with E-state index in [0.29, 0.717) is 30.8 Å². The average molecular weight is 535 g/mol. The number of phenols is 1. The van der Waals surface area contributed by atoms with Crippen molar-refractivity contribution in [2.24, 2.45) is 5.10 Å². The molecule has 210 valence electrons. The fourth-order valence-electron chi connectivity index (χ4n) is 3.87. The molecule has 38 heavy (non-hydrogen) atoms. The molecular formula is C29H41F3N4O2. The highest BCUT2D eigenvalue weighted by Crippen LogP contribution is 2.37. The summed E-state index contributed by atoms with van der Waals surface area (Å²) in [4.78, 5) is 16.1. The van der Waals surface area contributed by atoms with Crippen LogP contribution in [0.15, 0.2) is 41.5 Å². The summed E-state index contributed by atoms with van der Waals surface area (Å²) >= 11 is 0. The van der Waals surface area contributed by atoms with E-state index in [1.165, 1.54) is 12.3 Å². The van der Waals surface area contributed by atoms with Crippen LogP contribution in [0.4, 0.5) is 13.2 Å². The van der Waals surface area contributed by atoms with Gasteiger partial charge in [0.25, 0.3) is 5.91 Å². The summed E-state index contributed by atoms with van der Waals surface area (Å²) in [6.45, 7) is 13.9. The number of nitrogens with zero attached hydrogens (tertiary/aromatic N) is 3. The molecule has 0 heterocycles. The summed E-state index contributed by atoms with van der Waals surface area (Å²) in [5.74, 6) is -0.170. The van der Waals surface area contributed by atoms with Gasteiger partial charge in [-0.1, -0.05) is 65.8 Å². The van der Waals surface area contributed by atoms with Gasteiger partial charge in [-0.15, -0.1) is 0 Å². The Morgan fingerprint density at radius 2 is 1.58 bits per heavy atom. The summed E-state index contributed by atoms with van der Waals surface area (Å²) < 4.78 is 38.8. The molecule has 6 nitrogen and oxygen atoms in total. The highest BCUT2D eigenvalue weighted by atomic mass is 19.4. The number of nitrogens with one attached hydrogen (secondary N) is 1. The van der Waals surface area contributed by atoms with Crippen LogP contribution in [0.2, 0.25) is 0 Å². The van der Waals surface area contributed by atoms with E-state index in [9.17, 15) is 23.1 Å². The molecule has 0 unspecified atom stereocenters. The molecule has 0 aliphatic rings. The van der Waals surface area contributed by atoms with Crippen molar-refractivity contribution in [1.29, 1.82) is 0 Å². The van der Waals surface area contributed by atoms with E-state index in [2.05, 4.69) is 31.3 Å². The van der Waals surface area contributed by atoms with E-state index in [1.54, 1.807) is 13.1 Å². The third kappa shape index (κ3) is 9.44. The van der Waals surface area contributed by atoms with Crippen molar-refractivity contribution >= 4 is 12.1 Å². The Kier molecular flexibility index (Phi) is 10.1. The molecule has 0 spiro atoms. The molecule has 0 atom stereocenters. The number of hydrogen-bond donors (Lipinski definition) is 2. The predicted molar refractivity (Wildman–Crippen MR) is 147 cm³/mol. The lowest BCUT2D eigenvalue weighted by Gasteiger charge is -2.26. The zero-order valence-corrected chi connectivity index (χ0v) is 23.7. The van der Waals surface area contributed by atoms with Gasteiger partial charge < -0.3 is 10.0 Å². The van der Waals surface area contributed by atoms with Crippen LogP contribution in [0, 0.1) is 0 Å². The van der Waals surface area contributed by atoms with E-state index in [0.717, 1.165) is 23.3 Å². The summed E-state index contributed by atoms with van der Waals surface area (Å²) in [6.07, 6.45) is -2.91. The number of hydrogen-bond acceptors (Lipinski definition) is 5. The van der Waals surface area contributed by atoms with Crippen molar-refractivity contribution < 1.29 is 23.1 Å². The number of phenolic OH excluding ortho intramolecular Hbond substituents is 1. The molecule has 2 aromatic rings. The Bertz CT molecular complexity index is 1130. The van der Waals surface area contributed by atoms with Crippen LogP contribution in [-0.4, -0.2) is 60.8 Å². The van der Waals surface area contributed by atoms with Crippen molar-refractivity contribution in [3.63, 3.8) is 0 Å². The van der Waals surface area contributed by atoms with Gasteiger partial charge in [0.1, 0.15) is 5.75 Å². The molecule has 2 N–H and O–H groups in total. The van der Waals surface area contributed by atoms with Crippen LogP contribution >= 0.6 is 0 Å². The first-order valence-corrected chi connectivity index (χ1v) is 12.6. The molecule has 0 saturated carbocycles. The maximum Gasteiger partial charge on any atom is 0.416 e. The molecule has 2 aromatic carbocycles. The second-order valence-corrected chi connectivity index (χ2v) is 11.9. The van der Waals surface area contributed by atoms with E-state index in [-0.39, 0.29) is 29.0 Å². The minimum absolute atomic E-state index is 0.0932. The first-order valence-electron chi connectivity index (χ1n) is 12.6. The van der Waals surface area contributed by atoms with Crippen LogP contribution in [0.3, 0.4) is 0 Å². The monoisotopic (exact) mass is 534 g/mol. The summed E-state index contributed by atoms with van der Waals surface area (Å²) in [6, 6.07) is 9.19. The molecule has 0 saturated heterocycles. The Morgan fingerprint density at radius 3 is 2.16 bits per heavy atom. The lowest BCUT2D eigenvalue weighted by Crippen LogP contribution is -2.37. The van der Waals surface area contributed by atoms with E-state index < -0.39 is 11.7 Å². The first-order chi connectivity index (χ1) is 17.4. The highest BCUT2D eigenvalue weighted by molar-refractivity contribution is 5.86. The van der Waals surface area contributed by atoms with Crippen LogP contribution in [0.25, 0.3) is 0 Å². The van der Waals surface area contributed by atoms with Gasteiger partial charge in [0.2, 0.25) is 0 Å². The van der Waals surface area contributed by atoms with Gasteiger partial charge in [0.15, 0.2) is 0 Å². The molecule has 0 aliphatic carbocycles. The van der Waals surface area contributed by atoms with Gasteiger partial charge in [-0.05, 0) is 48.2 Å². The maximum atomic E-state index is 12.9. The largest absolute Gasteiger partial charge is 0.507 e. The number of amides is 1. The summed E-state index contributed by atoms with van der Waals surface area (Å²) in [5, 5.41) is 14.9. The maximum absolute atomic E-state index is 12.9. The van der Waals surface area contributed by atoms with Gasteiger partial charge in [0.05, 0.1) is 18.3 Å². The fraction of sp³-hybridized carbons (Fsp3) is 0.517. The van der Waals surface area contributed by atoms with Gasteiger partial charge in [-0.2, -0.15) is 18.3 Å². The van der Waals surface area contributed by atoms with E-state index in [1.807, 2.05) is 49.8 Å². The van der Waals surface area contributed by atoms with Crippen molar-refractivity contribution in [2.75, 3.05) is 33.7 Å². The third-order valence-electron chi connectivity index (χ3n) is 6.19. The minimum Gasteiger partial charge on any atom is -0.507 e.